The zero-order valence-corrected chi connectivity index (χ0v) is 12.4. The number of alkyl halides is 1. The molecule has 0 aliphatic rings. The first-order valence-corrected chi connectivity index (χ1v) is 6.48. The van der Waals surface area contributed by atoms with Crippen molar-refractivity contribution in [2.45, 2.75) is 46.3 Å². The minimum Gasteiger partial charge on any atom is -0.464 e. The maximum absolute atomic E-state index is 11.9. The maximum atomic E-state index is 11.9. The first-order chi connectivity index (χ1) is 8.22. The lowest BCUT2D eigenvalue weighted by molar-refractivity contribution is -0.148. The quantitative estimate of drug-likeness (QED) is 0.573. The van der Waals surface area contributed by atoms with Crippen LogP contribution in [0.4, 0.5) is 4.79 Å². The average Bonchev–Trinajstić information content (AvgIpc) is 2.22. The standard InChI is InChI=1S/C12H22ClNO4/c1-6-17-10(15)9(2)14(8-7-13)11(16)18-12(3,4)5/h9H,6-8H2,1-5H3/t9-/m0/s1. The van der Waals surface area contributed by atoms with Crippen molar-refractivity contribution in [1.29, 1.82) is 0 Å². The summed E-state index contributed by atoms with van der Waals surface area (Å²) in [5.74, 6) is -0.239. The van der Waals surface area contributed by atoms with Crippen LogP contribution in [0.25, 0.3) is 0 Å². The Bertz CT molecular complexity index is 288. The SMILES string of the molecule is CCOC(=O)[C@H](C)N(CCCl)C(=O)OC(C)(C)C. The van der Waals surface area contributed by atoms with E-state index in [1.807, 2.05) is 0 Å². The van der Waals surface area contributed by atoms with Gasteiger partial charge in [0, 0.05) is 12.4 Å². The Morgan fingerprint density at radius 3 is 2.28 bits per heavy atom. The van der Waals surface area contributed by atoms with Crippen molar-refractivity contribution >= 4 is 23.7 Å². The third-order valence-electron chi connectivity index (χ3n) is 2.05. The van der Waals surface area contributed by atoms with Crippen LogP contribution >= 0.6 is 11.6 Å². The lowest BCUT2D eigenvalue weighted by atomic mass is 10.2. The number of amides is 1. The average molecular weight is 280 g/mol. The van der Waals surface area contributed by atoms with Crippen molar-refractivity contribution < 1.29 is 19.1 Å². The molecule has 6 heteroatoms. The molecule has 0 aromatic rings. The molecule has 1 amide bonds. The van der Waals surface area contributed by atoms with Crippen LogP contribution in [0.2, 0.25) is 0 Å². The number of carbonyl (C=O) groups is 2. The molecule has 0 aliphatic heterocycles. The van der Waals surface area contributed by atoms with E-state index in [2.05, 4.69) is 0 Å². The lowest BCUT2D eigenvalue weighted by Crippen LogP contribution is -2.47. The van der Waals surface area contributed by atoms with Crippen LogP contribution in [0.5, 0.6) is 0 Å². The second-order valence-electron chi connectivity index (χ2n) is 4.79. The molecule has 0 aliphatic carbocycles. The van der Waals surface area contributed by atoms with Crippen molar-refractivity contribution in [2.75, 3.05) is 19.0 Å². The van der Waals surface area contributed by atoms with E-state index in [0.29, 0.717) is 0 Å². The first-order valence-electron chi connectivity index (χ1n) is 5.95. The van der Waals surface area contributed by atoms with Gasteiger partial charge in [0.05, 0.1) is 6.61 Å². The van der Waals surface area contributed by atoms with Gasteiger partial charge in [-0.15, -0.1) is 11.6 Å². The molecule has 0 spiro atoms. The van der Waals surface area contributed by atoms with Gasteiger partial charge in [-0.25, -0.2) is 9.59 Å². The number of carbonyl (C=O) groups excluding carboxylic acids is 2. The fourth-order valence-corrected chi connectivity index (χ4v) is 1.43. The number of rotatable bonds is 5. The van der Waals surface area contributed by atoms with Crippen LogP contribution in [0, 0.1) is 0 Å². The predicted molar refractivity (Wildman–Crippen MR) is 69.8 cm³/mol. The highest BCUT2D eigenvalue weighted by atomic mass is 35.5. The zero-order chi connectivity index (χ0) is 14.3. The van der Waals surface area contributed by atoms with Gasteiger partial charge < -0.3 is 9.47 Å². The summed E-state index contributed by atoms with van der Waals surface area (Å²) in [5, 5.41) is 0. The molecular formula is C12H22ClNO4. The number of nitrogens with zero attached hydrogens (tertiary/aromatic N) is 1. The molecule has 0 N–H and O–H groups in total. The second kappa shape index (κ2) is 7.46. The summed E-state index contributed by atoms with van der Waals surface area (Å²) in [4.78, 5) is 24.8. The number of hydrogen-bond donors (Lipinski definition) is 0. The Kier molecular flexibility index (Phi) is 7.06. The van der Waals surface area contributed by atoms with Crippen LogP contribution in [0.3, 0.4) is 0 Å². The molecule has 0 saturated heterocycles. The van der Waals surface area contributed by atoms with Crippen LogP contribution in [-0.4, -0.2) is 47.6 Å². The third kappa shape index (κ3) is 6.10. The molecule has 1 atom stereocenters. The van der Waals surface area contributed by atoms with Crippen LogP contribution in [-0.2, 0) is 14.3 Å². The fraction of sp³-hybridized carbons (Fsp3) is 0.833. The van der Waals surface area contributed by atoms with Crippen molar-refractivity contribution in [2.24, 2.45) is 0 Å². The monoisotopic (exact) mass is 279 g/mol. The normalized spacial score (nSPS) is 12.8. The van der Waals surface area contributed by atoms with E-state index in [1.165, 1.54) is 4.90 Å². The van der Waals surface area contributed by atoms with Crippen molar-refractivity contribution in [3.8, 4) is 0 Å². The van der Waals surface area contributed by atoms with Crippen molar-refractivity contribution in [3.63, 3.8) is 0 Å². The highest BCUT2D eigenvalue weighted by molar-refractivity contribution is 6.18. The summed E-state index contributed by atoms with van der Waals surface area (Å²) in [6.45, 7) is 9.09. The molecule has 0 aromatic heterocycles. The Morgan fingerprint density at radius 2 is 1.89 bits per heavy atom. The first kappa shape index (κ1) is 17.0. The molecule has 0 fully saturated rings. The molecule has 0 radical (unpaired) electrons. The molecule has 5 nitrogen and oxygen atoms in total. The van der Waals surface area contributed by atoms with E-state index in [1.54, 1.807) is 34.6 Å². The van der Waals surface area contributed by atoms with E-state index in [0.717, 1.165) is 0 Å². The minimum atomic E-state index is -0.710. The molecule has 0 saturated carbocycles. The van der Waals surface area contributed by atoms with Crippen LogP contribution in [0.1, 0.15) is 34.6 Å². The summed E-state index contributed by atoms with van der Waals surface area (Å²) in [7, 11) is 0. The number of halogens is 1. The molecule has 0 aromatic carbocycles. The molecule has 0 unspecified atom stereocenters. The summed E-state index contributed by atoms with van der Waals surface area (Å²) in [6, 6.07) is -0.710. The molecule has 0 bridgehead atoms. The van der Waals surface area contributed by atoms with E-state index in [-0.39, 0.29) is 19.0 Å². The molecule has 0 rings (SSSR count). The smallest absolute Gasteiger partial charge is 0.411 e. The second-order valence-corrected chi connectivity index (χ2v) is 5.17. The summed E-state index contributed by atoms with van der Waals surface area (Å²) < 4.78 is 10.1. The van der Waals surface area contributed by atoms with Gasteiger partial charge in [0.1, 0.15) is 11.6 Å². The minimum absolute atomic E-state index is 0.225. The van der Waals surface area contributed by atoms with Crippen LogP contribution in [0.15, 0.2) is 0 Å². The van der Waals surface area contributed by atoms with Gasteiger partial charge in [-0.3, -0.25) is 4.90 Å². The van der Waals surface area contributed by atoms with Crippen molar-refractivity contribution in [3.05, 3.63) is 0 Å². The summed E-state index contributed by atoms with van der Waals surface area (Å²) >= 11 is 5.64. The van der Waals surface area contributed by atoms with Gasteiger partial charge in [0.2, 0.25) is 0 Å². The number of hydrogen-bond acceptors (Lipinski definition) is 4. The van der Waals surface area contributed by atoms with Gasteiger partial charge in [-0.05, 0) is 34.6 Å². The van der Waals surface area contributed by atoms with Crippen molar-refractivity contribution in [1.82, 2.24) is 4.90 Å². The summed E-state index contributed by atoms with van der Waals surface area (Å²) in [5.41, 5.74) is -0.615. The molecule has 106 valence electrons. The highest BCUT2D eigenvalue weighted by Gasteiger charge is 2.30. The topological polar surface area (TPSA) is 55.8 Å². The van der Waals surface area contributed by atoms with Gasteiger partial charge in [-0.2, -0.15) is 0 Å². The van der Waals surface area contributed by atoms with Gasteiger partial charge >= 0.3 is 12.1 Å². The van der Waals surface area contributed by atoms with Gasteiger partial charge in [0.25, 0.3) is 0 Å². The third-order valence-corrected chi connectivity index (χ3v) is 2.22. The Labute approximate surface area is 113 Å². The van der Waals surface area contributed by atoms with E-state index >= 15 is 0 Å². The Hall–Kier alpha value is -0.970. The van der Waals surface area contributed by atoms with E-state index in [4.69, 9.17) is 21.1 Å². The zero-order valence-electron chi connectivity index (χ0n) is 11.7. The number of ether oxygens (including phenoxy) is 2. The van der Waals surface area contributed by atoms with Crippen LogP contribution < -0.4 is 0 Å². The van der Waals surface area contributed by atoms with E-state index in [9.17, 15) is 9.59 Å². The summed E-state index contributed by atoms with van der Waals surface area (Å²) in [6.07, 6.45) is -0.566. The molecular weight excluding hydrogens is 258 g/mol. The Morgan fingerprint density at radius 1 is 1.33 bits per heavy atom. The van der Waals surface area contributed by atoms with Gasteiger partial charge in [-0.1, -0.05) is 0 Å². The predicted octanol–water partition coefficient (Wildman–Crippen LogP) is 2.41. The molecule has 18 heavy (non-hydrogen) atoms. The molecule has 0 heterocycles. The highest BCUT2D eigenvalue weighted by Crippen LogP contribution is 2.12. The largest absolute Gasteiger partial charge is 0.464 e. The lowest BCUT2D eigenvalue weighted by Gasteiger charge is -2.30. The Balaban J connectivity index is 4.73. The fourth-order valence-electron chi connectivity index (χ4n) is 1.24. The maximum Gasteiger partial charge on any atom is 0.411 e. The number of esters is 1. The van der Waals surface area contributed by atoms with Gasteiger partial charge in [0.15, 0.2) is 0 Å². The van der Waals surface area contributed by atoms with E-state index < -0.39 is 23.7 Å².